The highest BCUT2D eigenvalue weighted by Gasteiger charge is 2.43. The lowest BCUT2D eigenvalue weighted by Crippen LogP contribution is -2.38. The molecule has 0 radical (unpaired) electrons. The van der Waals surface area contributed by atoms with E-state index in [4.69, 9.17) is 14.5 Å². The molecule has 0 N–H and O–H groups in total. The molecule has 1 unspecified atom stereocenters. The summed E-state index contributed by atoms with van der Waals surface area (Å²) in [4.78, 5) is 18.9. The van der Waals surface area contributed by atoms with Crippen molar-refractivity contribution in [2.24, 2.45) is 23.7 Å². The van der Waals surface area contributed by atoms with Gasteiger partial charge in [-0.15, -0.1) is 0 Å². The fourth-order valence-corrected chi connectivity index (χ4v) is 5.66. The maximum absolute atomic E-state index is 13.9. The number of benzene rings is 2. The number of nitrogens with zero attached hydrogens (tertiary/aromatic N) is 2. The molecular weight excluding hydrogens is 424 g/mol. The lowest BCUT2D eigenvalue weighted by Gasteiger charge is -2.37. The van der Waals surface area contributed by atoms with Crippen LogP contribution in [0.4, 0.5) is 0 Å². The maximum Gasteiger partial charge on any atom is 0.329 e. The standard InChI is InChI=1S/C29H36N2O3/c1-18(2)23-16-9-19(3)17-26(23)34-29(32)27(20-10-11-20)31-25-8-6-5-7-24(25)30-28(31)21-12-14-22(33-4)15-13-21/h5-8,12-15,18-20,23,26-27H,9-11,16-17H2,1-4H3/t19-,23+,26?,27-/m1/s1. The highest BCUT2D eigenvalue weighted by Crippen LogP contribution is 2.45. The predicted molar refractivity (Wildman–Crippen MR) is 135 cm³/mol. The zero-order valence-electron chi connectivity index (χ0n) is 20.7. The number of fused-ring (bicyclic) bond motifs is 1. The van der Waals surface area contributed by atoms with Crippen LogP contribution in [0.15, 0.2) is 48.5 Å². The Hall–Kier alpha value is -2.82. The van der Waals surface area contributed by atoms with E-state index in [1.807, 2.05) is 42.5 Å². The highest BCUT2D eigenvalue weighted by molar-refractivity contribution is 5.85. The average molecular weight is 461 g/mol. The second-order valence-corrected chi connectivity index (χ2v) is 10.6. The molecule has 2 aliphatic carbocycles. The van der Waals surface area contributed by atoms with Gasteiger partial charge < -0.3 is 14.0 Å². The summed E-state index contributed by atoms with van der Waals surface area (Å²) in [5, 5.41) is 0. The highest BCUT2D eigenvalue weighted by atomic mass is 16.5. The van der Waals surface area contributed by atoms with E-state index < -0.39 is 0 Å². The van der Waals surface area contributed by atoms with Crippen LogP contribution in [0, 0.1) is 23.7 Å². The quantitative estimate of drug-likeness (QED) is 0.370. The number of aromatic nitrogens is 2. The Kier molecular flexibility index (Phi) is 6.37. The summed E-state index contributed by atoms with van der Waals surface area (Å²) < 4.78 is 13.9. The van der Waals surface area contributed by atoms with E-state index in [-0.39, 0.29) is 18.1 Å². The minimum Gasteiger partial charge on any atom is -0.497 e. The van der Waals surface area contributed by atoms with Gasteiger partial charge in [0, 0.05) is 5.56 Å². The molecule has 1 aromatic heterocycles. The number of methoxy groups -OCH3 is 1. The Labute approximate surface area is 202 Å². The van der Waals surface area contributed by atoms with Gasteiger partial charge in [0.25, 0.3) is 0 Å². The van der Waals surface area contributed by atoms with Gasteiger partial charge >= 0.3 is 5.97 Å². The van der Waals surface area contributed by atoms with E-state index in [0.717, 1.165) is 53.9 Å². The Morgan fingerprint density at radius 3 is 2.44 bits per heavy atom. The molecule has 3 aromatic rings. The summed E-state index contributed by atoms with van der Waals surface area (Å²) in [6, 6.07) is 15.7. The molecule has 5 nitrogen and oxygen atoms in total. The van der Waals surface area contributed by atoms with Crippen LogP contribution >= 0.6 is 0 Å². The molecule has 2 aromatic carbocycles. The number of para-hydroxylation sites is 2. The molecule has 1 heterocycles. The van der Waals surface area contributed by atoms with Gasteiger partial charge in [-0.1, -0.05) is 39.3 Å². The Morgan fingerprint density at radius 2 is 1.76 bits per heavy atom. The van der Waals surface area contributed by atoms with Gasteiger partial charge in [-0.05, 0) is 85.8 Å². The molecule has 0 spiro atoms. The first-order chi connectivity index (χ1) is 16.5. The molecular formula is C29H36N2O3. The molecule has 2 fully saturated rings. The maximum atomic E-state index is 13.9. The van der Waals surface area contributed by atoms with Crippen LogP contribution in [0.1, 0.15) is 58.9 Å². The van der Waals surface area contributed by atoms with Crippen LogP contribution in [0.2, 0.25) is 0 Å². The van der Waals surface area contributed by atoms with Gasteiger partial charge in [0.05, 0.1) is 18.1 Å². The summed E-state index contributed by atoms with van der Waals surface area (Å²) in [6.45, 7) is 6.79. The lowest BCUT2D eigenvalue weighted by molar-refractivity contribution is -0.160. The third-order valence-electron chi connectivity index (χ3n) is 7.76. The van der Waals surface area contributed by atoms with Crippen molar-refractivity contribution in [3.8, 4) is 17.1 Å². The summed E-state index contributed by atoms with van der Waals surface area (Å²) >= 11 is 0. The minimum atomic E-state index is -0.352. The molecule has 2 aliphatic rings. The molecule has 34 heavy (non-hydrogen) atoms. The van der Waals surface area contributed by atoms with Gasteiger partial charge in [0.15, 0.2) is 0 Å². The molecule has 5 rings (SSSR count). The van der Waals surface area contributed by atoms with E-state index in [1.165, 1.54) is 6.42 Å². The van der Waals surface area contributed by atoms with Crippen LogP contribution in [-0.2, 0) is 9.53 Å². The number of rotatable bonds is 7. The summed E-state index contributed by atoms with van der Waals surface area (Å²) in [5.74, 6) is 3.35. The van der Waals surface area contributed by atoms with Crippen molar-refractivity contribution in [2.75, 3.05) is 7.11 Å². The van der Waals surface area contributed by atoms with Crippen LogP contribution < -0.4 is 4.74 Å². The van der Waals surface area contributed by atoms with Crippen molar-refractivity contribution < 1.29 is 14.3 Å². The first kappa shape index (κ1) is 22.9. The molecule has 0 aliphatic heterocycles. The second-order valence-electron chi connectivity index (χ2n) is 10.6. The van der Waals surface area contributed by atoms with Crippen molar-refractivity contribution in [2.45, 2.75) is 65.0 Å². The SMILES string of the molecule is COc1ccc(-c2nc3ccccc3n2[C@@H](C(=O)OC2C[C@H](C)CC[C@H]2C(C)C)C2CC2)cc1. The largest absolute Gasteiger partial charge is 0.497 e. The molecule has 0 amide bonds. The molecule has 0 saturated heterocycles. The van der Waals surface area contributed by atoms with Crippen molar-refractivity contribution in [3.63, 3.8) is 0 Å². The monoisotopic (exact) mass is 460 g/mol. The van der Waals surface area contributed by atoms with Crippen molar-refractivity contribution in [3.05, 3.63) is 48.5 Å². The Morgan fingerprint density at radius 1 is 1.03 bits per heavy atom. The van der Waals surface area contributed by atoms with Crippen LogP contribution in [0.25, 0.3) is 22.4 Å². The van der Waals surface area contributed by atoms with Crippen LogP contribution in [0.3, 0.4) is 0 Å². The van der Waals surface area contributed by atoms with Crippen molar-refractivity contribution >= 4 is 17.0 Å². The third-order valence-corrected chi connectivity index (χ3v) is 7.76. The first-order valence-electron chi connectivity index (χ1n) is 12.8. The fraction of sp³-hybridized carbons (Fsp3) is 0.517. The van der Waals surface area contributed by atoms with Gasteiger partial charge in [-0.2, -0.15) is 0 Å². The number of imidazole rings is 1. The molecule has 0 bridgehead atoms. The minimum absolute atomic E-state index is 0.00304. The summed E-state index contributed by atoms with van der Waals surface area (Å²) in [7, 11) is 1.67. The normalized spacial score (nSPS) is 23.7. The number of hydrogen-bond acceptors (Lipinski definition) is 4. The number of carbonyl (C=O) groups is 1. The smallest absolute Gasteiger partial charge is 0.329 e. The molecule has 4 atom stereocenters. The van der Waals surface area contributed by atoms with E-state index in [0.29, 0.717) is 23.7 Å². The second kappa shape index (κ2) is 9.44. The van der Waals surface area contributed by atoms with E-state index >= 15 is 0 Å². The zero-order valence-corrected chi connectivity index (χ0v) is 20.7. The van der Waals surface area contributed by atoms with Gasteiger partial charge in [0.1, 0.15) is 23.7 Å². The van der Waals surface area contributed by atoms with Gasteiger partial charge in [-0.3, -0.25) is 0 Å². The Bertz CT molecular complexity index is 1150. The molecule has 2 saturated carbocycles. The van der Waals surface area contributed by atoms with Crippen molar-refractivity contribution in [1.82, 2.24) is 9.55 Å². The van der Waals surface area contributed by atoms with Gasteiger partial charge in [-0.25, -0.2) is 9.78 Å². The predicted octanol–water partition coefficient (Wildman–Crippen LogP) is 6.67. The molecule has 5 heteroatoms. The lowest BCUT2D eigenvalue weighted by atomic mass is 9.75. The summed E-state index contributed by atoms with van der Waals surface area (Å²) in [6.07, 6.45) is 5.40. The van der Waals surface area contributed by atoms with Crippen LogP contribution in [0.5, 0.6) is 5.75 Å². The molecule has 180 valence electrons. The third kappa shape index (κ3) is 4.45. The summed E-state index contributed by atoms with van der Waals surface area (Å²) in [5.41, 5.74) is 2.86. The fourth-order valence-electron chi connectivity index (χ4n) is 5.66. The average Bonchev–Trinajstić information content (AvgIpc) is 3.59. The van der Waals surface area contributed by atoms with Gasteiger partial charge in [0.2, 0.25) is 0 Å². The first-order valence-corrected chi connectivity index (χ1v) is 12.8. The number of hydrogen-bond donors (Lipinski definition) is 0. The van der Waals surface area contributed by atoms with Crippen LogP contribution in [-0.4, -0.2) is 28.7 Å². The van der Waals surface area contributed by atoms with E-state index in [2.05, 4.69) is 31.4 Å². The number of carbonyl (C=O) groups excluding carboxylic acids is 1. The zero-order chi connectivity index (χ0) is 23.8. The van der Waals surface area contributed by atoms with E-state index in [9.17, 15) is 4.79 Å². The van der Waals surface area contributed by atoms with E-state index in [1.54, 1.807) is 7.11 Å². The van der Waals surface area contributed by atoms with Crippen molar-refractivity contribution in [1.29, 1.82) is 0 Å². The topological polar surface area (TPSA) is 53.4 Å². The number of ether oxygens (including phenoxy) is 2. The Balaban J connectivity index is 1.54. The number of esters is 1.